The van der Waals surface area contributed by atoms with Crippen LogP contribution in [0.2, 0.25) is 0 Å². The van der Waals surface area contributed by atoms with E-state index in [1.165, 1.54) is 24.3 Å². The average molecular weight is 243 g/mol. The van der Waals surface area contributed by atoms with E-state index in [4.69, 9.17) is 5.11 Å². The van der Waals surface area contributed by atoms with Crippen LogP contribution in [0, 0.1) is 0 Å². The SMILES string of the molecule is CN1c2ccccc2C(F)=C(C(=O)O)C1(F)F. The van der Waals surface area contributed by atoms with E-state index in [9.17, 15) is 18.0 Å². The summed E-state index contributed by atoms with van der Waals surface area (Å²) >= 11 is 0. The Kier molecular flexibility index (Phi) is 2.38. The van der Waals surface area contributed by atoms with Crippen molar-refractivity contribution >= 4 is 17.5 Å². The number of benzene rings is 1. The van der Waals surface area contributed by atoms with Gasteiger partial charge in [-0.25, -0.2) is 9.18 Å². The van der Waals surface area contributed by atoms with Gasteiger partial charge in [0.15, 0.2) is 11.4 Å². The Morgan fingerprint density at radius 1 is 1.35 bits per heavy atom. The van der Waals surface area contributed by atoms with Gasteiger partial charge in [-0.3, -0.25) is 0 Å². The van der Waals surface area contributed by atoms with Crippen molar-refractivity contribution in [2.24, 2.45) is 0 Å². The number of alkyl halides is 2. The van der Waals surface area contributed by atoms with Crippen molar-refractivity contribution < 1.29 is 23.1 Å². The van der Waals surface area contributed by atoms with Gasteiger partial charge in [-0.15, -0.1) is 0 Å². The van der Waals surface area contributed by atoms with E-state index in [1.807, 2.05) is 0 Å². The summed E-state index contributed by atoms with van der Waals surface area (Å²) in [4.78, 5) is 11.2. The van der Waals surface area contributed by atoms with E-state index in [2.05, 4.69) is 0 Å². The van der Waals surface area contributed by atoms with Crippen molar-refractivity contribution in [3.63, 3.8) is 0 Å². The fourth-order valence-electron chi connectivity index (χ4n) is 1.76. The van der Waals surface area contributed by atoms with Gasteiger partial charge in [0.2, 0.25) is 0 Å². The van der Waals surface area contributed by atoms with Crippen molar-refractivity contribution in [1.82, 2.24) is 0 Å². The first-order valence-corrected chi connectivity index (χ1v) is 4.72. The van der Waals surface area contributed by atoms with E-state index in [-0.39, 0.29) is 11.3 Å². The fourth-order valence-corrected chi connectivity index (χ4v) is 1.76. The van der Waals surface area contributed by atoms with Gasteiger partial charge in [0, 0.05) is 12.6 Å². The Bertz CT molecular complexity index is 525. The molecular formula is C11H8F3NO2. The van der Waals surface area contributed by atoms with Crippen LogP contribution < -0.4 is 4.90 Å². The zero-order chi connectivity index (χ0) is 12.8. The molecule has 2 rings (SSSR count). The molecule has 1 aliphatic heterocycles. The van der Waals surface area contributed by atoms with Gasteiger partial charge >= 0.3 is 12.0 Å². The first kappa shape index (κ1) is 11.5. The molecular weight excluding hydrogens is 235 g/mol. The molecule has 1 aromatic carbocycles. The summed E-state index contributed by atoms with van der Waals surface area (Å²) < 4.78 is 41.1. The lowest BCUT2D eigenvalue weighted by molar-refractivity contribution is -0.136. The second-order valence-electron chi connectivity index (χ2n) is 3.61. The minimum Gasteiger partial charge on any atom is -0.478 e. The minimum atomic E-state index is -3.87. The number of carboxylic acids is 1. The second-order valence-corrected chi connectivity index (χ2v) is 3.61. The van der Waals surface area contributed by atoms with Crippen molar-refractivity contribution in [2.45, 2.75) is 6.05 Å². The van der Waals surface area contributed by atoms with Crippen molar-refractivity contribution in [3.05, 3.63) is 35.4 Å². The summed E-state index contributed by atoms with van der Waals surface area (Å²) in [6, 6.07) is 1.63. The lowest BCUT2D eigenvalue weighted by Crippen LogP contribution is -2.45. The number of rotatable bonds is 1. The Morgan fingerprint density at radius 2 is 1.94 bits per heavy atom. The van der Waals surface area contributed by atoms with Crippen LogP contribution in [-0.2, 0) is 4.79 Å². The lowest BCUT2D eigenvalue weighted by atomic mass is 9.99. The first-order valence-electron chi connectivity index (χ1n) is 4.72. The van der Waals surface area contributed by atoms with Crippen molar-refractivity contribution in [1.29, 1.82) is 0 Å². The summed E-state index contributed by atoms with van der Waals surface area (Å²) in [5, 5.41) is 8.68. The molecule has 1 N–H and O–H groups in total. The van der Waals surface area contributed by atoms with Gasteiger partial charge < -0.3 is 10.0 Å². The normalized spacial score (nSPS) is 18.0. The molecule has 0 fully saturated rings. The minimum absolute atomic E-state index is 0.0417. The number of carbonyl (C=O) groups is 1. The molecule has 1 heterocycles. The highest BCUT2D eigenvalue weighted by Crippen LogP contribution is 2.44. The molecule has 90 valence electrons. The van der Waals surface area contributed by atoms with Crippen LogP contribution >= 0.6 is 0 Å². The van der Waals surface area contributed by atoms with Crippen LogP contribution in [0.4, 0.5) is 18.9 Å². The number of para-hydroxylation sites is 1. The Morgan fingerprint density at radius 3 is 2.53 bits per heavy atom. The van der Waals surface area contributed by atoms with Crippen LogP contribution in [0.25, 0.3) is 5.83 Å². The molecule has 0 unspecified atom stereocenters. The second kappa shape index (κ2) is 3.51. The quantitative estimate of drug-likeness (QED) is 0.770. The number of anilines is 1. The highest BCUT2D eigenvalue weighted by molar-refractivity contribution is 6.00. The Balaban J connectivity index is 2.78. The average Bonchev–Trinajstić information content (AvgIpc) is 2.25. The summed E-state index contributed by atoms with van der Waals surface area (Å²) in [6.45, 7) is 0. The smallest absolute Gasteiger partial charge is 0.362 e. The molecule has 0 saturated heterocycles. The van der Waals surface area contributed by atoms with E-state index in [0.717, 1.165) is 7.05 Å². The molecule has 17 heavy (non-hydrogen) atoms. The van der Waals surface area contributed by atoms with Crippen LogP contribution in [0.1, 0.15) is 5.56 Å². The van der Waals surface area contributed by atoms with E-state index in [0.29, 0.717) is 4.90 Å². The monoisotopic (exact) mass is 243 g/mol. The number of fused-ring (bicyclic) bond motifs is 1. The number of hydrogen-bond acceptors (Lipinski definition) is 2. The van der Waals surface area contributed by atoms with Gasteiger partial charge in [-0.1, -0.05) is 12.1 Å². The fraction of sp³-hybridized carbons (Fsp3) is 0.182. The molecule has 0 atom stereocenters. The number of likely N-dealkylation sites (N-methyl/N-ethyl adjacent to an activating group) is 1. The molecule has 0 aromatic heterocycles. The highest BCUT2D eigenvalue weighted by atomic mass is 19.3. The van der Waals surface area contributed by atoms with Gasteiger partial charge in [0.05, 0.1) is 5.69 Å². The summed E-state index contributed by atoms with van der Waals surface area (Å²) in [5.41, 5.74) is -1.71. The van der Waals surface area contributed by atoms with Crippen molar-refractivity contribution in [3.8, 4) is 0 Å². The van der Waals surface area contributed by atoms with Crippen molar-refractivity contribution in [2.75, 3.05) is 11.9 Å². The van der Waals surface area contributed by atoms with E-state index >= 15 is 0 Å². The number of aliphatic carboxylic acids is 1. The Hall–Kier alpha value is -1.98. The third-order valence-corrected chi connectivity index (χ3v) is 2.66. The topological polar surface area (TPSA) is 40.5 Å². The molecule has 0 aliphatic carbocycles. The number of nitrogens with zero attached hydrogens (tertiary/aromatic N) is 1. The summed E-state index contributed by atoms with van der Waals surface area (Å²) in [6.07, 6.45) is 0. The number of carboxylic acid groups (broad SMARTS) is 1. The molecule has 0 radical (unpaired) electrons. The lowest BCUT2D eigenvalue weighted by Gasteiger charge is -2.34. The largest absolute Gasteiger partial charge is 0.478 e. The number of halogens is 3. The maximum Gasteiger partial charge on any atom is 0.362 e. The molecule has 3 nitrogen and oxygen atoms in total. The van der Waals surface area contributed by atoms with Gasteiger partial charge in [-0.05, 0) is 12.1 Å². The highest BCUT2D eigenvalue weighted by Gasteiger charge is 2.50. The summed E-state index contributed by atoms with van der Waals surface area (Å²) in [5.74, 6) is -3.36. The molecule has 0 saturated carbocycles. The maximum atomic E-state index is 13.8. The molecule has 1 aromatic rings. The van der Waals surface area contributed by atoms with Crippen LogP contribution in [-0.4, -0.2) is 24.2 Å². The summed E-state index contributed by atoms with van der Waals surface area (Å²) in [7, 11) is 1.02. The van der Waals surface area contributed by atoms with E-state index in [1.54, 1.807) is 0 Å². The molecule has 1 aliphatic rings. The van der Waals surface area contributed by atoms with Gasteiger partial charge in [0.1, 0.15) is 0 Å². The predicted molar refractivity (Wildman–Crippen MR) is 55.5 cm³/mol. The van der Waals surface area contributed by atoms with Crippen LogP contribution in [0.3, 0.4) is 0 Å². The van der Waals surface area contributed by atoms with E-state index < -0.39 is 23.4 Å². The maximum absolute atomic E-state index is 13.8. The first-order chi connectivity index (χ1) is 7.87. The molecule has 0 spiro atoms. The Labute approximate surface area is 94.8 Å². The molecule has 0 bridgehead atoms. The predicted octanol–water partition coefficient (Wildman–Crippen LogP) is 2.49. The third kappa shape index (κ3) is 1.48. The molecule has 0 amide bonds. The van der Waals surface area contributed by atoms with Gasteiger partial charge in [0.25, 0.3) is 0 Å². The number of hydrogen-bond donors (Lipinski definition) is 1. The third-order valence-electron chi connectivity index (χ3n) is 2.66. The zero-order valence-electron chi connectivity index (χ0n) is 8.75. The van der Waals surface area contributed by atoms with Crippen LogP contribution in [0.15, 0.2) is 29.8 Å². The molecule has 6 heteroatoms. The van der Waals surface area contributed by atoms with Crippen LogP contribution in [0.5, 0.6) is 0 Å². The standard InChI is InChI=1S/C11H8F3NO2/c1-15-7-5-3-2-4-6(7)9(12)8(10(16)17)11(15,13)14/h2-5H,1H3,(H,16,17). The zero-order valence-corrected chi connectivity index (χ0v) is 8.75. The van der Waals surface area contributed by atoms with Gasteiger partial charge in [-0.2, -0.15) is 8.78 Å².